The third-order valence-electron chi connectivity index (χ3n) is 2.88. The Hall–Kier alpha value is -1.55. The van der Waals surface area contributed by atoms with Gasteiger partial charge < -0.3 is 10.1 Å². The molecule has 1 atom stereocenters. The fourth-order valence-corrected chi connectivity index (χ4v) is 3.08. The van der Waals surface area contributed by atoms with Crippen molar-refractivity contribution in [1.29, 1.82) is 0 Å². The van der Waals surface area contributed by atoms with Gasteiger partial charge in [-0.2, -0.15) is 0 Å². The van der Waals surface area contributed by atoms with E-state index in [-0.39, 0.29) is 6.04 Å². The van der Waals surface area contributed by atoms with E-state index in [0.29, 0.717) is 5.88 Å². The number of thiophene rings is 1. The van der Waals surface area contributed by atoms with Crippen molar-refractivity contribution < 1.29 is 4.74 Å². The first-order valence-corrected chi connectivity index (χ1v) is 6.76. The molecule has 0 unspecified atom stereocenters. The molecule has 0 aromatic carbocycles. The van der Waals surface area contributed by atoms with Gasteiger partial charge in [0.1, 0.15) is 0 Å². The van der Waals surface area contributed by atoms with Gasteiger partial charge in [-0.25, -0.2) is 4.98 Å². The molecule has 0 aliphatic rings. The Morgan fingerprint density at radius 1 is 1.39 bits per heavy atom. The summed E-state index contributed by atoms with van der Waals surface area (Å²) in [5.74, 6) is 0.633. The van der Waals surface area contributed by atoms with Crippen LogP contribution in [0.3, 0.4) is 0 Å². The number of ether oxygens (including phenoxy) is 1. The number of pyridine rings is 1. The molecule has 0 radical (unpaired) electrons. The molecule has 2 heterocycles. The number of aryl methyl sites for hydroxylation is 2. The molecule has 0 fully saturated rings. The number of nitrogens with zero attached hydrogens (tertiary/aromatic N) is 1. The number of hydrogen-bond donors (Lipinski definition) is 1. The third kappa shape index (κ3) is 2.64. The van der Waals surface area contributed by atoms with Crippen molar-refractivity contribution in [1.82, 2.24) is 4.98 Å². The van der Waals surface area contributed by atoms with E-state index in [1.54, 1.807) is 13.3 Å². The fraction of sp³-hybridized carbons (Fsp3) is 0.357. The predicted molar refractivity (Wildman–Crippen MR) is 76.6 cm³/mol. The van der Waals surface area contributed by atoms with Crippen LogP contribution in [0.15, 0.2) is 24.4 Å². The van der Waals surface area contributed by atoms with Gasteiger partial charge in [0.15, 0.2) is 0 Å². The smallest absolute Gasteiger partial charge is 0.237 e. The Morgan fingerprint density at radius 3 is 2.78 bits per heavy atom. The first-order valence-electron chi connectivity index (χ1n) is 5.94. The van der Waals surface area contributed by atoms with Gasteiger partial charge in [-0.3, -0.25) is 0 Å². The molecule has 0 aliphatic carbocycles. The van der Waals surface area contributed by atoms with E-state index in [2.05, 4.69) is 37.1 Å². The second kappa shape index (κ2) is 5.40. The molecular formula is C14H18N2OS. The zero-order valence-corrected chi connectivity index (χ0v) is 12.0. The van der Waals surface area contributed by atoms with Crippen LogP contribution in [0.2, 0.25) is 0 Å². The van der Waals surface area contributed by atoms with Gasteiger partial charge in [0, 0.05) is 22.0 Å². The molecule has 3 nitrogen and oxygen atoms in total. The number of hydrogen-bond acceptors (Lipinski definition) is 4. The lowest BCUT2D eigenvalue weighted by Crippen LogP contribution is -2.08. The van der Waals surface area contributed by atoms with Crippen molar-refractivity contribution in [3.63, 3.8) is 0 Å². The fourth-order valence-electron chi connectivity index (χ4n) is 2.05. The lowest BCUT2D eigenvalue weighted by molar-refractivity contribution is 0.399. The third-order valence-corrected chi connectivity index (χ3v) is 3.86. The molecule has 2 aromatic rings. The van der Waals surface area contributed by atoms with E-state index in [9.17, 15) is 0 Å². The highest BCUT2D eigenvalue weighted by Crippen LogP contribution is 2.30. The van der Waals surface area contributed by atoms with E-state index in [0.717, 1.165) is 5.69 Å². The summed E-state index contributed by atoms with van der Waals surface area (Å²) in [6, 6.07) is 6.37. The first kappa shape index (κ1) is 12.9. The van der Waals surface area contributed by atoms with Crippen LogP contribution in [0, 0.1) is 13.8 Å². The number of nitrogens with one attached hydrogen (secondary N) is 1. The highest BCUT2D eigenvalue weighted by atomic mass is 32.1. The Morgan fingerprint density at radius 2 is 2.17 bits per heavy atom. The summed E-state index contributed by atoms with van der Waals surface area (Å²) >= 11 is 1.83. The molecule has 1 N–H and O–H groups in total. The SMILES string of the molecule is COc1ncccc1N[C@H](C)c1cc(C)sc1C. The number of methoxy groups -OCH3 is 1. The summed E-state index contributed by atoms with van der Waals surface area (Å²) in [4.78, 5) is 6.89. The molecule has 0 saturated carbocycles. The minimum atomic E-state index is 0.244. The van der Waals surface area contributed by atoms with Gasteiger partial charge in [-0.1, -0.05) is 0 Å². The van der Waals surface area contributed by atoms with Crippen molar-refractivity contribution in [3.05, 3.63) is 39.7 Å². The largest absolute Gasteiger partial charge is 0.480 e. The van der Waals surface area contributed by atoms with Crippen molar-refractivity contribution >= 4 is 17.0 Å². The standard InChI is InChI=1S/C14H18N2OS/c1-9-8-12(11(3)18-9)10(2)16-13-6-5-7-15-14(13)17-4/h5-8,10,16H,1-4H3/t10-/m1/s1. The summed E-state index contributed by atoms with van der Waals surface area (Å²) < 4.78 is 5.25. The summed E-state index contributed by atoms with van der Waals surface area (Å²) in [6.45, 7) is 6.45. The lowest BCUT2D eigenvalue weighted by Gasteiger charge is -2.16. The Balaban J connectivity index is 2.21. The van der Waals surface area contributed by atoms with Gasteiger partial charge in [-0.05, 0) is 44.5 Å². The monoisotopic (exact) mass is 262 g/mol. The first-order chi connectivity index (χ1) is 8.61. The molecule has 0 spiro atoms. The van der Waals surface area contributed by atoms with E-state index < -0.39 is 0 Å². The molecule has 4 heteroatoms. The average molecular weight is 262 g/mol. The van der Waals surface area contributed by atoms with E-state index in [1.807, 2.05) is 23.5 Å². The van der Waals surface area contributed by atoms with Crippen molar-refractivity contribution in [2.75, 3.05) is 12.4 Å². The summed E-state index contributed by atoms with van der Waals surface area (Å²) in [5, 5.41) is 3.45. The Bertz CT molecular complexity index is 536. The van der Waals surface area contributed by atoms with Gasteiger partial charge in [-0.15, -0.1) is 11.3 Å². The molecule has 0 amide bonds. The second-order valence-electron chi connectivity index (χ2n) is 4.29. The molecule has 0 saturated heterocycles. The van der Waals surface area contributed by atoms with Crippen LogP contribution >= 0.6 is 11.3 Å². The zero-order valence-electron chi connectivity index (χ0n) is 11.2. The molecule has 2 rings (SSSR count). The minimum Gasteiger partial charge on any atom is -0.480 e. The maximum atomic E-state index is 5.25. The maximum Gasteiger partial charge on any atom is 0.237 e. The van der Waals surface area contributed by atoms with Gasteiger partial charge >= 0.3 is 0 Å². The van der Waals surface area contributed by atoms with Crippen LogP contribution in [-0.4, -0.2) is 12.1 Å². The van der Waals surface area contributed by atoms with Crippen molar-refractivity contribution in [2.45, 2.75) is 26.8 Å². The van der Waals surface area contributed by atoms with Crippen LogP contribution in [0.25, 0.3) is 0 Å². The summed E-state index contributed by atoms with van der Waals surface area (Å²) in [7, 11) is 1.64. The predicted octanol–water partition coefficient (Wildman–Crippen LogP) is 3.94. The minimum absolute atomic E-state index is 0.244. The number of rotatable bonds is 4. The Labute approximate surface area is 112 Å². The second-order valence-corrected chi connectivity index (χ2v) is 5.76. The molecule has 0 aliphatic heterocycles. The van der Waals surface area contributed by atoms with Gasteiger partial charge in [0.05, 0.1) is 12.8 Å². The van der Waals surface area contributed by atoms with Gasteiger partial charge in [0.2, 0.25) is 5.88 Å². The van der Waals surface area contributed by atoms with Crippen molar-refractivity contribution in [2.24, 2.45) is 0 Å². The van der Waals surface area contributed by atoms with Crippen molar-refractivity contribution in [3.8, 4) is 5.88 Å². The van der Waals surface area contributed by atoms with Crippen LogP contribution in [0.4, 0.5) is 5.69 Å². The quantitative estimate of drug-likeness (QED) is 0.906. The summed E-state index contributed by atoms with van der Waals surface area (Å²) in [6.07, 6.45) is 1.73. The number of aromatic nitrogens is 1. The average Bonchev–Trinajstić information content (AvgIpc) is 2.69. The lowest BCUT2D eigenvalue weighted by atomic mass is 10.1. The molecular weight excluding hydrogens is 244 g/mol. The van der Waals surface area contributed by atoms with E-state index >= 15 is 0 Å². The van der Waals surface area contributed by atoms with E-state index in [4.69, 9.17) is 4.74 Å². The molecule has 2 aromatic heterocycles. The Kier molecular flexibility index (Phi) is 3.87. The van der Waals surface area contributed by atoms with Crippen LogP contribution in [0.1, 0.15) is 28.3 Å². The highest BCUT2D eigenvalue weighted by molar-refractivity contribution is 7.12. The van der Waals surface area contributed by atoms with E-state index in [1.165, 1.54) is 15.3 Å². The molecule has 18 heavy (non-hydrogen) atoms. The summed E-state index contributed by atoms with van der Waals surface area (Å²) in [5.41, 5.74) is 2.26. The topological polar surface area (TPSA) is 34.1 Å². The zero-order chi connectivity index (χ0) is 13.1. The highest BCUT2D eigenvalue weighted by Gasteiger charge is 2.13. The van der Waals surface area contributed by atoms with Crippen LogP contribution < -0.4 is 10.1 Å². The maximum absolute atomic E-state index is 5.25. The molecule has 96 valence electrons. The van der Waals surface area contributed by atoms with Crippen LogP contribution in [-0.2, 0) is 0 Å². The molecule has 0 bridgehead atoms. The normalized spacial score (nSPS) is 12.2. The van der Waals surface area contributed by atoms with Gasteiger partial charge in [0.25, 0.3) is 0 Å². The number of anilines is 1. The van der Waals surface area contributed by atoms with Crippen LogP contribution in [0.5, 0.6) is 5.88 Å².